The zero-order chi connectivity index (χ0) is 20.2. The van der Waals surface area contributed by atoms with E-state index in [0.717, 1.165) is 11.1 Å². The summed E-state index contributed by atoms with van der Waals surface area (Å²) in [7, 11) is 0. The van der Waals surface area contributed by atoms with E-state index >= 15 is 0 Å². The van der Waals surface area contributed by atoms with Gasteiger partial charge in [-0.2, -0.15) is 0 Å². The number of halogens is 1. The van der Waals surface area contributed by atoms with Gasteiger partial charge in [0.2, 0.25) is 0 Å². The summed E-state index contributed by atoms with van der Waals surface area (Å²) >= 11 is 3.38. The molecule has 28 heavy (non-hydrogen) atoms. The van der Waals surface area contributed by atoms with Crippen molar-refractivity contribution < 1.29 is 23.9 Å². The van der Waals surface area contributed by atoms with Crippen LogP contribution in [0.15, 0.2) is 51.5 Å². The molecule has 5 nitrogen and oxygen atoms in total. The zero-order valence-corrected chi connectivity index (χ0v) is 17.5. The van der Waals surface area contributed by atoms with E-state index in [1.165, 1.54) is 0 Å². The minimum atomic E-state index is -0.537. The quantitative estimate of drug-likeness (QED) is 0.644. The third-order valence-electron chi connectivity index (χ3n) is 6.08. The van der Waals surface area contributed by atoms with Gasteiger partial charge in [0, 0.05) is 28.3 Å². The van der Waals surface area contributed by atoms with Crippen molar-refractivity contribution in [3.05, 3.63) is 57.1 Å². The van der Waals surface area contributed by atoms with Crippen molar-refractivity contribution in [2.24, 2.45) is 17.8 Å². The van der Waals surface area contributed by atoms with Crippen LogP contribution in [0.3, 0.4) is 0 Å². The predicted molar refractivity (Wildman–Crippen MR) is 105 cm³/mol. The predicted octanol–water partition coefficient (Wildman–Crippen LogP) is 4.02. The molecule has 1 aliphatic heterocycles. The number of ether oxygens (including phenoxy) is 2. The van der Waals surface area contributed by atoms with E-state index in [4.69, 9.17) is 9.47 Å². The van der Waals surface area contributed by atoms with Crippen LogP contribution in [-0.4, -0.2) is 29.9 Å². The first kappa shape index (κ1) is 19.1. The number of hydrogen-bond donors (Lipinski definition) is 0. The van der Waals surface area contributed by atoms with Crippen molar-refractivity contribution in [1.82, 2.24) is 0 Å². The largest absolute Gasteiger partial charge is 0.461 e. The second kappa shape index (κ2) is 6.99. The van der Waals surface area contributed by atoms with E-state index in [1.807, 2.05) is 26.8 Å². The van der Waals surface area contributed by atoms with Crippen LogP contribution >= 0.6 is 15.9 Å². The first-order valence-corrected chi connectivity index (χ1v) is 10.2. The molecular weight excluding hydrogens is 424 g/mol. The summed E-state index contributed by atoms with van der Waals surface area (Å²) < 4.78 is 12.3. The fraction of sp³-hybridized carbons (Fsp3) is 0.409. The molecule has 5 unspecified atom stereocenters. The molecular formula is C22H21BrO5. The maximum atomic E-state index is 12.8. The normalized spacial score (nSPS) is 31.7. The summed E-state index contributed by atoms with van der Waals surface area (Å²) in [6, 6.07) is 7.07. The Bertz CT molecular complexity index is 944. The van der Waals surface area contributed by atoms with Gasteiger partial charge in [0.05, 0.1) is 11.5 Å². The number of fused-ring (bicyclic) bond motifs is 3. The first-order valence-electron chi connectivity index (χ1n) is 9.37. The van der Waals surface area contributed by atoms with E-state index in [2.05, 4.69) is 15.9 Å². The van der Waals surface area contributed by atoms with Crippen LogP contribution in [0, 0.1) is 17.8 Å². The van der Waals surface area contributed by atoms with Gasteiger partial charge in [-0.15, -0.1) is 0 Å². The molecule has 0 radical (unpaired) electrons. The number of allylic oxidation sites excluding steroid dienone is 1. The molecule has 0 aromatic heterocycles. The summed E-state index contributed by atoms with van der Waals surface area (Å²) in [5.41, 5.74) is 2.91. The Labute approximate surface area is 171 Å². The highest BCUT2D eigenvalue weighted by Crippen LogP contribution is 2.48. The summed E-state index contributed by atoms with van der Waals surface area (Å²) in [4.78, 5) is 37.7. The number of ketones is 1. The molecule has 3 aliphatic rings. The third kappa shape index (κ3) is 2.94. The van der Waals surface area contributed by atoms with Gasteiger partial charge in [0.25, 0.3) is 0 Å². The Morgan fingerprint density at radius 3 is 2.64 bits per heavy atom. The van der Waals surface area contributed by atoms with Crippen LogP contribution in [0.5, 0.6) is 0 Å². The van der Waals surface area contributed by atoms with Crippen molar-refractivity contribution in [3.63, 3.8) is 0 Å². The van der Waals surface area contributed by atoms with Gasteiger partial charge < -0.3 is 9.47 Å². The van der Waals surface area contributed by atoms with E-state index in [1.54, 1.807) is 24.3 Å². The van der Waals surface area contributed by atoms with E-state index < -0.39 is 24.1 Å². The monoisotopic (exact) mass is 444 g/mol. The summed E-state index contributed by atoms with van der Waals surface area (Å²) in [5, 5.41) is 0. The molecule has 4 rings (SSSR count). The molecule has 0 amide bonds. The lowest BCUT2D eigenvalue weighted by Crippen LogP contribution is -2.38. The fourth-order valence-corrected chi connectivity index (χ4v) is 5.18. The SMILES string of the molecule is CC1=CC(=O)C2=C(C)CC(OC(=O)c3ccccc3Br)C3C(C)C(=O)OC3C12. The summed E-state index contributed by atoms with van der Waals surface area (Å²) in [6.07, 6.45) is 1.02. The Hall–Kier alpha value is -2.21. The number of hydrogen-bond acceptors (Lipinski definition) is 5. The number of esters is 2. The van der Waals surface area contributed by atoms with Crippen LogP contribution in [0.25, 0.3) is 0 Å². The van der Waals surface area contributed by atoms with Crippen LogP contribution in [0.2, 0.25) is 0 Å². The topological polar surface area (TPSA) is 69.7 Å². The average Bonchev–Trinajstić information content (AvgIpc) is 3.05. The van der Waals surface area contributed by atoms with E-state index in [0.29, 0.717) is 22.0 Å². The molecule has 1 aromatic rings. The van der Waals surface area contributed by atoms with Crippen molar-refractivity contribution in [2.75, 3.05) is 0 Å². The Kier molecular flexibility index (Phi) is 4.78. The van der Waals surface area contributed by atoms with Crippen molar-refractivity contribution in [3.8, 4) is 0 Å². The second-order valence-electron chi connectivity index (χ2n) is 7.82. The van der Waals surface area contributed by atoms with Crippen LogP contribution in [0.1, 0.15) is 37.6 Å². The third-order valence-corrected chi connectivity index (χ3v) is 6.78. The lowest BCUT2D eigenvalue weighted by atomic mass is 9.79. The maximum absolute atomic E-state index is 12.8. The number of carbonyl (C=O) groups is 3. The molecule has 0 spiro atoms. The van der Waals surface area contributed by atoms with E-state index in [9.17, 15) is 14.4 Å². The first-order chi connectivity index (χ1) is 13.3. The zero-order valence-electron chi connectivity index (χ0n) is 15.9. The van der Waals surface area contributed by atoms with Gasteiger partial charge in [-0.25, -0.2) is 4.79 Å². The molecule has 1 heterocycles. The Balaban J connectivity index is 1.72. The fourth-order valence-electron chi connectivity index (χ4n) is 4.74. The van der Waals surface area contributed by atoms with Gasteiger partial charge >= 0.3 is 11.9 Å². The van der Waals surface area contributed by atoms with Gasteiger partial charge in [-0.3, -0.25) is 9.59 Å². The lowest BCUT2D eigenvalue weighted by Gasteiger charge is -2.29. The van der Waals surface area contributed by atoms with Crippen molar-refractivity contribution >= 4 is 33.7 Å². The van der Waals surface area contributed by atoms with Gasteiger partial charge in [0.1, 0.15) is 12.2 Å². The minimum Gasteiger partial charge on any atom is -0.461 e. The molecule has 146 valence electrons. The molecule has 1 aromatic carbocycles. The van der Waals surface area contributed by atoms with Crippen molar-refractivity contribution in [2.45, 2.75) is 39.4 Å². The molecule has 1 fully saturated rings. The highest BCUT2D eigenvalue weighted by Gasteiger charge is 2.55. The molecule has 2 aliphatic carbocycles. The highest BCUT2D eigenvalue weighted by atomic mass is 79.9. The Morgan fingerprint density at radius 1 is 1.21 bits per heavy atom. The van der Waals surface area contributed by atoms with Gasteiger partial charge in [-0.1, -0.05) is 30.2 Å². The number of rotatable bonds is 2. The minimum absolute atomic E-state index is 0.0351. The summed E-state index contributed by atoms with van der Waals surface area (Å²) in [6.45, 7) is 5.60. The molecule has 0 bridgehead atoms. The Morgan fingerprint density at radius 2 is 1.93 bits per heavy atom. The van der Waals surface area contributed by atoms with Crippen LogP contribution < -0.4 is 0 Å². The number of carbonyl (C=O) groups excluding carboxylic acids is 3. The van der Waals surface area contributed by atoms with Crippen molar-refractivity contribution in [1.29, 1.82) is 0 Å². The smallest absolute Gasteiger partial charge is 0.339 e. The van der Waals surface area contributed by atoms with Gasteiger partial charge in [0.15, 0.2) is 5.78 Å². The molecule has 6 heteroatoms. The maximum Gasteiger partial charge on any atom is 0.339 e. The van der Waals surface area contributed by atoms with Crippen LogP contribution in [0.4, 0.5) is 0 Å². The average molecular weight is 445 g/mol. The summed E-state index contributed by atoms with van der Waals surface area (Å²) in [5.74, 6) is -1.75. The lowest BCUT2D eigenvalue weighted by molar-refractivity contribution is -0.144. The molecule has 0 saturated carbocycles. The second-order valence-corrected chi connectivity index (χ2v) is 8.67. The standard InChI is InChI=1S/C22H21BrO5/c1-10-8-15(24)17-11(2)9-16(19-12(3)21(25)28-20(19)18(10)17)27-22(26)13-6-4-5-7-14(13)23/h4-8,12,16,18-20H,9H2,1-3H3. The van der Waals surface area contributed by atoms with E-state index in [-0.39, 0.29) is 23.6 Å². The number of benzene rings is 1. The van der Waals surface area contributed by atoms with Gasteiger partial charge in [-0.05, 0) is 48.0 Å². The highest BCUT2D eigenvalue weighted by molar-refractivity contribution is 9.10. The van der Waals surface area contributed by atoms with Crippen LogP contribution in [-0.2, 0) is 19.1 Å². The molecule has 0 N–H and O–H groups in total. The molecule has 1 saturated heterocycles. The molecule has 5 atom stereocenters.